The molecule has 28 heavy (non-hydrogen) atoms. The molecule has 0 radical (unpaired) electrons. The summed E-state index contributed by atoms with van der Waals surface area (Å²) >= 11 is 0. The smallest absolute Gasteiger partial charge is 0.267 e. The molecule has 6 heteroatoms. The monoisotopic (exact) mass is 383 g/mol. The molecule has 1 fully saturated rings. The van der Waals surface area contributed by atoms with Crippen LogP contribution in [0.5, 0.6) is 11.5 Å². The van der Waals surface area contributed by atoms with Gasteiger partial charge in [0, 0.05) is 37.9 Å². The lowest BCUT2D eigenvalue weighted by Crippen LogP contribution is -2.49. The molecule has 6 nitrogen and oxygen atoms in total. The number of nitrogens with zero attached hydrogens (tertiary/aromatic N) is 3. The number of piperidine rings is 1. The van der Waals surface area contributed by atoms with Crippen molar-refractivity contribution >= 4 is 5.91 Å². The maximum atomic E-state index is 12.9. The summed E-state index contributed by atoms with van der Waals surface area (Å²) in [5, 5.41) is 0. The van der Waals surface area contributed by atoms with E-state index in [2.05, 4.69) is 23.4 Å². The molecular weight excluding hydrogens is 354 g/mol. The van der Waals surface area contributed by atoms with E-state index >= 15 is 0 Å². The minimum Gasteiger partial charge on any atom is -0.485 e. The van der Waals surface area contributed by atoms with Crippen molar-refractivity contribution in [3.05, 3.63) is 42.0 Å². The number of aromatic nitrogens is 2. The summed E-state index contributed by atoms with van der Waals surface area (Å²) < 4.78 is 13.9. The Hall–Kier alpha value is -2.50. The van der Waals surface area contributed by atoms with Crippen molar-refractivity contribution in [3.63, 3.8) is 0 Å². The zero-order valence-corrected chi connectivity index (χ0v) is 16.8. The van der Waals surface area contributed by atoms with Gasteiger partial charge in [0.1, 0.15) is 12.4 Å². The number of ether oxygens (including phenoxy) is 2. The molecular formula is C22H29N3O3. The van der Waals surface area contributed by atoms with E-state index in [1.807, 2.05) is 35.4 Å². The zero-order chi connectivity index (χ0) is 19.5. The minimum absolute atomic E-state index is 0.0382. The number of para-hydroxylation sites is 2. The van der Waals surface area contributed by atoms with E-state index in [-0.39, 0.29) is 12.5 Å². The van der Waals surface area contributed by atoms with Crippen LogP contribution in [0.1, 0.15) is 37.7 Å². The van der Waals surface area contributed by atoms with E-state index in [0.717, 1.165) is 45.3 Å². The number of rotatable bonds is 5. The summed E-state index contributed by atoms with van der Waals surface area (Å²) in [4.78, 5) is 19.4. The SMILES string of the molecule is CCCn1c(C)cnc1CC1CCN(C(=O)C2COc3ccccc3O2)CC1. The van der Waals surface area contributed by atoms with Gasteiger partial charge in [0.25, 0.3) is 5.91 Å². The number of hydrogen-bond acceptors (Lipinski definition) is 4. The lowest BCUT2D eigenvalue weighted by molar-refractivity contribution is -0.142. The second-order valence-corrected chi connectivity index (χ2v) is 7.80. The first-order chi connectivity index (χ1) is 13.7. The quantitative estimate of drug-likeness (QED) is 0.795. The molecule has 4 rings (SSSR count). The van der Waals surface area contributed by atoms with E-state index in [1.165, 1.54) is 11.5 Å². The van der Waals surface area contributed by atoms with Crippen LogP contribution in [0.25, 0.3) is 0 Å². The number of aryl methyl sites for hydroxylation is 1. The Morgan fingerprint density at radius 1 is 1.21 bits per heavy atom. The second kappa shape index (κ2) is 8.25. The number of benzene rings is 1. The molecule has 1 amide bonds. The highest BCUT2D eigenvalue weighted by Gasteiger charge is 2.33. The van der Waals surface area contributed by atoms with E-state index in [9.17, 15) is 4.79 Å². The maximum Gasteiger partial charge on any atom is 0.267 e. The average Bonchev–Trinajstić information content (AvgIpc) is 3.07. The molecule has 150 valence electrons. The van der Waals surface area contributed by atoms with Crippen LogP contribution in [0.2, 0.25) is 0 Å². The molecule has 1 saturated heterocycles. The predicted octanol–water partition coefficient (Wildman–Crippen LogP) is 3.22. The number of carbonyl (C=O) groups excluding carboxylic acids is 1. The molecule has 1 atom stereocenters. The van der Waals surface area contributed by atoms with Gasteiger partial charge < -0.3 is 18.9 Å². The Morgan fingerprint density at radius 3 is 2.71 bits per heavy atom. The molecule has 0 saturated carbocycles. The Kier molecular flexibility index (Phi) is 5.55. The number of amides is 1. The van der Waals surface area contributed by atoms with Crippen molar-refractivity contribution in [2.75, 3.05) is 19.7 Å². The van der Waals surface area contributed by atoms with Gasteiger partial charge in [-0.25, -0.2) is 4.98 Å². The third-order valence-electron chi connectivity index (χ3n) is 5.77. The number of carbonyl (C=O) groups is 1. The summed E-state index contributed by atoms with van der Waals surface area (Å²) in [6.07, 6.45) is 5.55. The van der Waals surface area contributed by atoms with Crippen LogP contribution in [0.4, 0.5) is 0 Å². The van der Waals surface area contributed by atoms with Gasteiger partial charge in [0.05, 0.1) is 0 Å². The average molecular weight is 383 g/mol. The van der Waals surface area contributed by atoms with Crippen molar-refractivity contribution in [3.8, 4) is 11.5 Å². The Bertz CT molecular complexity index is 824. The van der Waals surface area contributed by atoms with Crippen LogP contribution < -0.4 is 9.47 Å². The predicted molar refractivity (Wildman–Crippen MR) is 107 cm³/mol. The number of imidazole rings is 1. The fourth-order valence-corrected chi connectivity index (χ4v) is 4.16. The molecule has 2 aliphatic heterocycles. The molecule has 2 aliphatic rings. The standard InChI is InChI=1S/C22H29N3O3/c1-3-10-25-16(2)14-23-21(25)13-17-8-11-24(12-9-17)22(26)20-15-27-18-6-4-5-7-19(18)28-20/h4-7,14,17,20H,3,8-13,15H2,1-2H3. The summed E-state index contributed by atoms with van der Waals surface area (Å²) in [6, 6.07) is 7.51. The van der Waals surface area contributed by atoms with Crippen LogP contribution in [-0.2, 0) is 17.8 Å². The van der Waals surface area contributed by atoms with E-state index < -0.39 is 6.10 Å². The molecule has 1 unspecified atom stereocenters. The maximum absolute atomic E-state index is 12.9. The summed E-state index contributed by atoms with van der Waals surface area (Å²) in [5.41, 5.74) is 1.24. The molecule has 1 aromatic carbocycles. The molecule has 0 aliphatic carbocycles. The molecule has 0 bridgehead atoms. The highest BCUT2D eigenvalue weighted by atomic mass is 16.6. The van der Waals surface area contributed by atoms with Crippen molar-refractivity contribution in [2.45, 2.75) is 52.2 Å². The van der Waals surface area contributed by atoms with Gasteiger partial charge >= 0.3 is 0 Å². The van der Waals surface area contributed by atoms with Gasteiger partial charge in [-0.2, -0.15) is 0 Å². The second-order valence-electron chi connectivity index (χ2n) is 7.80. The van der Waals surface area contributed by atoms with Crippen LogP contribution in [-0.4, -0.2) is 46.2 Å². The van der Waals surface area contributed by atoms with E-state index in [0.29, 0.717) is 17.4 Å². The highest BCUT2D eigenvalue weighted by Crippen LogP contribution is 2.32. The normalized spacial score (nSPS) is 19.6. The van der Waals surface area contributed by atoms with E-state index in [4.69, 9.17) is 9.47 Å². The molecule has 3 heterocycles. The molecule has 0 N–H and O–H groups in total. The topological polar surface area (TPSA) is 56.6 Å². The first-order valence-electron chi connectivity index (χ1n) is 10.3. The van der Waals surface area contributed by atoms with Crippen LogP contribution in [0.3, 0.4) is 0 Å². The van der Waals surface area contributed by atoms with Gasteiger partial charge in [0.15, 0.2) is 11.5 Å². The zero-order valence-electron chi connectivity index (χ0n) is 16.8. The Morgan fingerprint density at radius 2 is 1.96 bits per heavy atom. The fourth-order valence-electron chi connectivity index (χ4n) is 4.16. The van der Waals surface area contributed by atoms with Crippen molar-refractivity contribution < 1.29 is 14.3 Å². The molecule has 1 aromatic heterocycles. The third-order valence-corrected chi connectivity index (χ3v) is 5.77. The van der Waals surface area contributed by atoms with Gasteiger partial charge in [-0.3, -0.25) is 4.79 Å². The Labute approximate surface area is 166 Å². The first kappa shape index (κ1) is 18.8. The highest BCUT2D eigenvalue weighted by molar-refractivity contribution is 5.82. The van der Waals surface area contributed by atoms with Crippen molar-refractivity contribution in [1.29, 1.82) is 0 Å². The largest absolute Gasteiger partial charge is 0.485 e. The van der Waals surface area contributed by atoms with Gasteiger partial charge in [-0.1, -0.05) is 19.1 Å². The molecule has 0 spiro atoms. The Balaban J connectivity index is 1.31. The first-order valence-corrected chi connectivity index (χ1v) is 10.3. The van der Waals surface area contributed by atoms with Crippen LogP contribution >= 0.6 is 0 Å². The van der Waals surface area contributed by atoms with Gasteiger partial charge in [-0.15, -0.1) is 0 Å². The fraction of sp³-hybridized carbons (Fsp3) is 0.545. The number of likely N-dealkylation sites (tertiary alicyclic amines) is 1. The lowest BCUT2D eigenvalue weighted by Gasteiger charge is -2.35. The summed E-state index contributed by atoms with van der Waals surface area (Å²) in [6.45, 7) is 7.18. The van der Waals surface area contributed by atoms with Gasteiger partial charge in [-0.05, 0) is 44.2 Å². The van der Waals surface area contributed by atoms with Crippen LogP contribution in [0.15, 0.2) is 30.5 Å². The summed E-state index contributed by atoms with van der Waals surface area (Å²) in [5.74, 6) is 3.16. The molecule has 2 aromatic rings. The lowest BCUT2D eigenvalue weighted by atomic mass is 9.93. The van der Waals surface area contributed by atoms with Crippen LogP contribution in [0, 0.1) is 12.8 Å². The number of fused-ring (bicyclic) bond motifs is 1. The van der Waals surface area contributed by atoms with Crippen molar-refractivity contribution in [2.24, 2.45) is 5.92 Å². The summed E-state index contributed by atoms with van der Waals surface area (Å²) in [7, 11) is 0. The minimum atomic E-state index is -0.544. The van der Waals surface area contributed by atoms with Crippen molar-refractivity contribution in [1.82, 2.24) is 14.5 Å². The number of hydrogen-bond donors (Lipinski definition) is 0. The van der Waals surface area contributed by atoms with E-state index in [1.54, 1.807) is 0 Å². The van der Waals surface area contributed by atoms with Gasteiger partial charge in [0.2, 0.25) is 6.10 Å². The third kappa shape index (κ3) is 3.86.